The first-order valence-electron chi connectivity index (χ1n) is 11.7. The normalized spacial score (nSPS) is 11.6. The zero-order valence-electron chi connectivity index (χ0n) is 21.5. The topological polar surface area (TPSA) is 108 Å². The van der Waals surface area contributed by atoms with Crippen LogP contribution < -0.4 is 15.9 Å². The minimum absolute atomic E-state index is 0.0306. The van der Waals surface area contributed by atoms with Crippen molar-refractivity contribution in [2.45, 2.75) is 39.6 Å². The van der Waals surface area contributed by atoms with Gasteiger partial charge in [0.25, 0.3) is 11.1 Å². The van der Waals surface area contributed by atoms with Crippen molar-refractivity contribution in [3.05, 3.63) is 109 Å². The molecule has 4 aromatic heterocycles. The van der Waals surface area contributed by atoms with Crippen molar-refractivity contribution in [2.75, 3.05) is 7.11 Å². The highest BCUT2D eigenvalue weighted by atomic mass is 35.5. The Bertz CT molecular complexity index is 1660. The Morgan fingerprint density at radius 1 is 1.08 bits per heavy atom. The molecule has 4 rings (SSSR count). The molecule has 0 aliphatic rings. The van der Waals surface area contributed by atoms with E-state index in [-0.39, 0.29) is 34.5 Å². The van der Waals surface area contributed by atoms with Crippen molar-refractivity contribution in [3.63, 3.8) is 0 Å². The van der Waals surface area contributed by atoms with Crippen LogP contribution in [0.4, 0.5) is 8.78 Å². The molecule has 204 valence electrons. The summed E-state index contributed by atoms with van der Waals surface area (Å²) in [5.74, 6) is -1.58. The van der Waals surface area contributed by atoms with Gasteiger partial charge in [-0.15, -0.1) is 0 Å². The van der Waals surface area contributed by atoms with E-state index in [0.717, 1.165) is 6.20 Å². The molecule has 0 aliphatic carbocycles. The average molecular weight is 559 g/mol. The fraction of sp³-hybridized carbons (Fsp3) is 0.259. The maximum absolute atomic E-state index is 14.0. The third-order valence-electron chi connectivity index (χ3n) is 5.89. The first kappa shape index (κ1) is 28.1. The van der Waals surface area contributed by atoms with Crippen molar-refractivity contribution >= 4 is 11.6 Å². The second-order valence-electron chi connectivity index (χ2n) is 9.24. The van der Waals surface area contributed by atoms with Crippen LogP contribution in [0.1, 0.15) is 36.4 Å². The van der Waals surface area contributed by atoms with Crippen LogP contribution in [-0.2, 0) is 23.6 Å². The highest BCUT2D eigenvalue weighted by Gasteiger charge is 2.23. The molecule has 0 radical (unpaired) electrons. The molecule has 0 aliphatic heterocycles. The summed E-state index contributed by atoms with van der Waals surface area (Å²) >= 11 is 6.39. The molecule has 0 saturated heterocycles. The summed E-state index contributed by atoms with van der Waals surface area (Å²) in [5.41, 5.74) is -1.21. The minimum Gasteiger partial charge on any atom is -0.485 e. The van der Waals surface area contributed by atoms with Crippen LogP contribution in [0, 0.1) is 18.6 Å². The van der Waals surface area contributed by atoms with Crippen LogP contribution in [0.2, 0.25) is 5.02 Å². The Morgan fingerprint density at radius 3 is 2.49 bits per heavy atom. The summed E-state index contributed by atoms with van der Waals surface area (Å²) in [5, 5.41) is 10.1. The second-order valence-corrected chi connectivity index (χ2v) is 9.62. The molecule has 0 spiro atoms. The van der Waals surface area contributed by atoms with E-state index in [1.54, 1.807) is 19.1 Å². The number of aliphatic hydroxyl groups is 1. The molecule has 0 fully saturated rings. The Balaban J connectivity index is 1.81. The summed E-state index contributed by atoms with van der Waals surface area (Å²) in [4.78, 5) is 34.6. The van der Waals surface area contributed by atoms with Gasteiger partial charge in [0.05, 0.1) is 29.8 Å². The van der Waals surface area contributed by atoms with Gasteiger partial charge in [0.2, 0.25) is 0 Å². The molecule has 9 nitrogen and oxygen atoms in total. The van der Waals surface area contributed by atoms with E-state index in [1.165, 1.54) is 54.6 Å². The predicted molar refractivity (Wildman–Crippen MR) is 140 cm³/mol. The third-order valence-corrected chi connectivity index (χ3v) is 6.24. The van der Waals surface area contributed by atoms with Gasteiger partial charge in [-0.05, 0) is 38.5 Å². The smallest absolute Gasteiger partial charge is 0.277 e. The van der Waals surface area contributed by atoms with Gasteiger partial charge in [-0.1, -0.05) is 11.6 Å². The quantitative estimate of drug-likeness (QED) is 0.348. The molecule has 0 saturated carbocycles. The number of aryl methyl sites for hydroxylation is 1. The fourth-order valence-corrected chi connectivity index (χ4v) is 4.14. The van der Waals surface area contributed by atoms with Gasteiger partial charge in [-0.3, -0.25) is 23.7 Å². The number of hydrogen-bond donors (Lipinski definition) is 1. The molecule has 0 atom stereocenters. The van der Waals surface area contributed by atoms with E-state index in [4.69, 9.17) is 21.1 Å². The van der Waals surface area contributed by atoms with E-state index in [9.17, 15) is 23.5 Å². The lowest BCUT2D eigenvalue weighted by Crippen LogP contribution is -2.31. The number of aromatic nitrogens is 4. The molecule has 0 unspecified atom stereocenters. The zero-order chi connectivity index (χ0) is 28.5. The molecular weight excluding hydrogens is 534 g/mol. The number of pyridine rings is 4. The lowest BCUT2D eigenvalue weighted by Gasteiger charge is -2.20. The van der Waals surface area contributed by atoms with Crippen LogP contribution in [0.15, 0.2) is 58.5 Å². The van der Waals surface area contributed by atoms with Gasteiger partial charge in [-0.2, -0.15) is 0 Å². The van der Waals surface area contributed by atoms with Crippen molar-refractivity contribution in [2.24, 2.45) is 0 Å². The predicted octanol–water partition coefficient (Wildman–Crippen LogP) is 3.97. The highest BCUT2D eigenvalue weighted by molar-refractivity contribution is 6.31. The van der Waals surface area contributed by atoms with Crippen LogP contribution in [-0.4, -0.2) is 31.3 Å². The second kappa shape index (κ2) is 11.0. The fourth-order valence-electron chi connectivity index (χ4n) is 3.95. The third kappa shape index (κ3) is 5.75. The molecule has 39 heavy (non-hydrogen) atoms. The molecule has 0 bridgehead atoms. The Morgan fingerprint density at radius 2 is 1.82 bits per heavy atom. The Kier molecular flexibility index (Phi) is 7.96. The van der Waals surface area contributed by atoms with Crippen LogP contribution in [0.5, 0.6) is 5.75 Å². The van der Waals surface area contributed by atoms with Crippen LogP contribution in [0.25, 0.3) is 11.5 Å². The molecule has 0 aromatic carbocycles. The highest BCUT2D eigenvalue weighted by Crippen LogP contribution is 2.27. The summed E-state index contributed by atoms with van der Waals surface area (Å²) in [6.07, 6.45) is 3.85. The van der Waals surface area contributed by atoms with Crippen molar-refractivity contribution < 1.29 is 23.4 Å². The molecule has 4 aromatic rings. The van der Waals surface area contributed by atoms with E-state index in [1.807, 2.05) is 0 Å². The SMILES string of the molecule is COCc1cc(OCc2ncc(F)cc2F)c(Cl)c(=O)n1-c1cc(-n2cccc(C(C)(C)O)c2=O)ncc1C. The maximum Gasteiger partial charge on any atom is 0.277 e. The lowest BCUT2D eigenvalue weighted by molar-refractivity contribution is 0.0767. The van der Waals surface area contributed by atoms with E-state index in [2.05, 4.69) is 9.97 Å². The van der Waals surface area contributed by atoms with Gasteiger partial charge >= 0.3 is 0 Å². The monoisotopic (exact) mass is 558 g/mol. The van der Waals surface area contributed by atoms with Crippen molar-refractivity contribution in [1.82, 2.24) is 19.1 Å². The molecular formula is C27H25ClF2N4O5. The van der Waals surface area contributed by atoms with Crippen molar-refractivity contribution in [3.8, 4) is 17.3 Å². The van der Waals surface area contributed by atoms with Gasteiger partial charge in [0.15, 0.2) is 5.82 Å². The Labute approximate surface area is 226 Å². The molecule has 12 heteroatoms. The van der Waals surface area contributed by atoms with E-state index >= 15 is 0 Å². The lowest BCUT2D eigenvalue weighted by atomic mass is 10.0. The van der Waals surface area contributed by atoms with Crippen LogP contribution in [0.3, 0.4) is 0 Å². The van der Waals surface area contributed by atoms with E-state index < -0.39 is 35.0 Å². The first-order chi connectivity index (χ1) is 18.4. The van der Waals surface area contributed by atoms with Crippen molar-refractivity contribution in [1.29, 1.82) is 0 Å². The molecule has 1 N–H and O–H groups in total. The Hall–Kier alpha value is -3.93. The largest absolute Gasteiger partial charge is 0.485 e. The number of hydrogen-bond acceptors (Lipinski definition) is 7. The standard InChI is InChI=1S/C27H25ClF2N4O5/c1-15-11-32-23(33-7-5-6-18(25(33)35)27(2,3)37)10-21(15)34-17(13-38-4)9-22(24(28)26(34)36)39-14-20-19(30)8-16(29)12-31-20/h5-12,37H,13-14H2,1-4H3. The van der Waals surface area contributed by atoms with Gasteiger partial charge in [-0.25, -0.2) is 13.8 Å². The summed E-state index contributed by atoms with van der Waals surface area (Å²) < 4.78 is 40.6. The number of halogens is 3. The number of methoxy groups -OCH3 is 1. The average Bonchev–Trinajstić information content (AvgIpc) is 2.87. The first-order valence-corrected chi connectivity index (χ1v) is 12.1. The van der Waals surface area contributed by atoms with E-state index in [0.29, 0.717) is 23.0 Å². The molecule has 0 amide bonds. The summed E-state index contributed by atoms with van der Waals surface area (Å²) in [6.45, 7) is 4.31. The number of nitrogens with zero attached hydrogens (tertiary/aromatic N) is 4. The minimum atomic E-state index is -1.38. The maximum atomic E-state index is 14.0. The summed E-state index contributed by atoms with van der Waals surface area (Å²) in [7, 11) is 1.44. The van der Waals surface area contributed by atoms with Crippen LogP contribution >= 0.6 is 11.6 Å². The number of rotatable bonds is 8. The summed E-state index contributed by atoms with van der Waals surface area (Å²) in [6, 6.07) is 6.82. The van der Waals surface area contributed by atoms with Gasteiger partial charge in [0.1, 0.15) is 34.7 Å². The molecule has 4 heterocycles. The zero-order valence-corrected chi connectivity index (χ0v) is 22.3. The number of ether oxygens (including phenoxy) is 2. The van der Waals surface area contributed by atoms with Gasteiger partial charge in [0, 0.05) is 43.3 Å². The van der Waals surface area contributed by atoms with Gasteiger partial charge < -0.3 is 14.6 Å².